The first-order valence-electron chi connectivity index (χ1n) is 8.89. The molecule has 2 aromatic rings. The van der Waals surface area contributed by atoms with E-state index in [1.54, 1.807) is 24.3 Å². The minimum atomic E-state index is -1.02. The molecule has 4 rings (SSSR count). The van der Waals surface area contributed by atoms with Gasteiger partial charge in [-0.2, -0.15) is 10.2 Å². The molecule has 0 bridgehead atoms. The van der Waals surface area contributed by atoms with Crippen LogP contribution in [-0.2, 0) is 16.1 Å². The Balaban J connectivity index is 1.55. The van der Waals surface area contributed by atoms with Gasteiger partial charge < -0.3 is 10.4 Å². The van der Waals surface area contributed by atoms with E-state index in [1.807, 2.05) is 17.7 Å². The number of aliphatic carboxylic acids is 1. The summed E-state index contributed by atoms with van der Waals surface area (Å²) in [5, 5.41) is 22.5. The predicted molar refractivity (Wildman–Crippen MR) is 97.3 cm³/mol. The van der Waals surface area contributed by atoms with Gasteiger partial charge in [-0.25, -0.2) is 14.5 Å². The molecule has 1 amide bonds. The molecule has 2 atom stereocenters. The third-order valence-corrected chi connectivity index (χ3v) is 4.76. The second-order valence-electron chi connectivity index (χ2n) is 6.69. The molecule has 0 radical (unpaired) electrons. The zero-order valence-electron chi connectivity index (χ0n) is 14.9. The summed E-state index contributed by atoms with van der Waals surface area (Å²) in [6.07, 6.45) is 1.71. The van der Waals surface area contributed by atoms with Crippen molar-refractivity contribution in [2.24, 2.45) is 5.10 Å². The Morgan fingerprint density at radius 3 is 2.78 bits per heavy atom. The number of carbonyl (C=O) groups is 2. The van der Waals surface area contributed by atoms with Crippen LogP contribution in [0.4, 0.5) is 5.69 Å². The SMILES string of the molecule is Cc1nc2n(n1)CCCC2NC(=O)C1=NN(c2ccccc2)C(C(=O)O)C1. The van der Waals surface area contributed by atoms with E-state index in [0.717, 1.165) is 25.2 Å². The van der Waals surface area contributed by atoms with Gasteiger partial charge in [-0.05, 0) is 31.9 Å². The van der Waals surface area contributed by atoms with E-state index in [4.69, 9.17) is 0 Å². The van der Waals surface area contributed by atoms with Crippen LogP contribution in [-0.4, -0.2) is 43.5 Å². The van der Waals surface area contributed by atoms with Gasteiger partial charge in [0.1, 0.15) is 17.4 Å². The summed E-state index contributed by atoms with van der Waals surface area (Å²) in [6, 6.07) is 7.85. The molecule has 0 aliphatic carbocycles. The van der Waals surface area contributed by atoms with Gasteiger partial charge in [-0.1, -0.05) is 18.2 Å². The lowest BCUT2D eigenvalue weighted by molar-refractivity contribution is -0.138. The van der Waals surface area contributed by atoms with E-state index in [0.29, 0.717) is 11.5 Å². The number of carboxylic acids is 1. The number of hydrogen-bond acceptors (Lipinski definition) is 6. The quantitative estimate of drug-likeness (QED) is 0.840. The van der Waals surface area contributed by atoms with E-state index in [9.17, 15) is 14.7 Å². The Kier molecular flexibility index (Phi) is 4.35. The molecule has 0 fully saturated rings. The van der Waals surface area contributed by atoms with Gasteiger partial charge in [-0.15, -0.1) is 0 Å². The van der Waals surface area contributed by atoms with E-state index in [-0.39, 0.29) is 24.1 Å². The maximum absolute atomic E-state index is 12.8. The molecule has 9 heteroatoms. The molecule has 0 saturated heterocycles. The molecule has 140 valence electrons. The highest BCUT2D eigenvalue weighted by Gasteiger charge is 2.37. The van der Waals surface area contributed by atoms with E-state index in [1.165, 1.54) is 5.01 Å². The molecular weight excluding hydrogens is 348 g/mol. The fraction of sp³-hybridized carbons (Fsp3) is 0.389. The number of fused-ring (bicyclic) bond motifs is 1. The van der Waals surface area contributed by atoms with Crippen molar-refractivity contribution in [3.8, 4) is 0 Å². The van der Waals surface area contributed by atoms with Gasteiger partial charge in [0.15, 0.2) is 6.04 Å². The summed E-state index contributed by atoms with van der Waals surface area (Å²) in [7, 11) is 0. The highest BCUT2D eigenvalue weighted by molar-refractivity contribution is 6.40. The number of nitrogens with zero attached hydrogens (tertiary/aromatic N) is 5. The highest BCUT2D eigenvalue weighted by Crippen LogP contribution is 2.26. The first kappa shape index (κ1) is 17.2. The first-order valence-corrected chi connectivity index (χ1v) is 8.89. The van der Waals surface area contributed by atoms with E-state index in [2.05, 4.69) is 20.5 Å². The molecule has 2 aliphatic heterocycles. The lowest BCUT2D eigenvalue weighted by atomic mass is 10.1. The largest absolute Gasteiger partial charge is 0.480 e. The number of rotatable bonds is 4. The molecule has 27 heavy (non-hydrogen) atoms. The number of carbonyl (C=O) groups excluding carboxylic acids is 1. The third-order valence-electron chi connectivity index (χ3n) is 4.76. The zero-order chi connectivity index (χ0) is 19.0. The Morgan fingerprint density at radius 2 is 2.04 bits per heavy atom. The summed E-state index contributed by atoms with van der Waals surface area (Å²) in [5.74, 6) is 0.0307. The second kappa shape index (κ2) is 6.82. The van der Waals surface area contributed by atoms with Crippen molar-refractivity contribution in [2.75, 3.05) is 5.01 Å². The number of benzene rings is 1. The number of carboxylic acid groups (broad SMARTS) is 1. The highest BCUT2D eigenvalue weighted by atomic mass is 16.4. The van der Waals surface area contributed by atoms with Crippen molar-refractivity contribution in [3.63, 3.8) is 0 Å². The van der Waals surface area contributed by atoms with Gasteiger partial charge >= 0.3 is 5.97 Å². The molecule has 1 aromatic carbocycles. The Hall–Kier alpha value is -3.23. The second-order valence-corrected chi connectivity index (χ2v) is 6.69. The number of aryl methyl sites for hydroxylation is 2. The van der Waals surface area contributed by atoms with E-state index >= 15 is 0 Å². The van der Waals surface area contributed by atoms with Crippen LogP contribution in [0.25, 0.3) is 0 Å². The number of anilines is 1. The molecule has 0 saturated carbocycles. The van der Waals surface area contributed by atoms with E-state index < -0.39 is 12.0 Å². The maximum Gasteiger partial charge on any atom is 0.328 e. The smallest absolute Gasteiger partial charge is 0.328 e. The van der Waals surface area contributed by atoms with Crippen LogP contribution in [0, 0.1) is 6.92 Å². The molecule has 1 aromatic heterocycles. The normalized spacial score (nSPS) is 21.5. The predicted octanol–water partition coefficient (Wildman–Crippen LogP) is 1.26. The Morgan fingerprint density at radius 1 is 1.26 bits per heavy atom. The van der Waals surface area contributed by atoms with Crippen LogP contribution in [0.2, 0.25) is 0 Å². The van der Waals surface area contributed by atoms with Crippen molar-refractivity contribution >= 4 is 23.3 Å². The average molecular weight is 368 g/mol. The monoisotopic (exact) mass is 368 g/mol. The van der Waals surface area contributed by atoms with Crippen molar-refractivity contribution < 1.29 is 14.7 Å². The van der Waals surface area contributed by atoms with Crippen molar-refractivity contribution in [1.29, 1.82) is 0 Å². The minimum absolute atomic E-state index is 0.0501. The van der Waals surface area contributed by atoms with Crippen LogP contribution in [0.5, 0.6) is 0 Å². The van der Waals surface area contributed by atoms with Crippen LogP contribution >= 0.6 is 0 Å². The van der Waals surface area contributed by atoms with Gasteiger partial charge in [0, 0.05) is 13.0 Å². The number of nitrogens with one attached hydrogen (secondary N) is 1. The lowest BCUT2D eigenvalue weighted by Crippen LogP contribution is -2.38. The number of hydrazone groups is 1. The van der Waals surface area contributed by atoms with Gasteiger partial charge in [0.25, 0.3) is 5.91 Å². The van der Waals surface area contributed by atoms with Crippen LogP contribution < -0.4 is 10.3 Å². The fourth-order valence-corrected chi connectivity index (χ4v) is 3.51. The first-order chi connectivity index (χ1) is 13.0. The molecule has 9 nitrogen and oxygen atoms in total. The molecule has 2 N–H and O–H groups in total. The van der Waals surface area contributed by atoms with Gasteiger partial charge in [-0.3, -0.25) is 9.80 Å². The summed E-state index contributed by atoms with van der Waals surface area (Å²) in [6.45, 7) is 2.60. The summed E-state index contributed by atoms with van der Waals surface area (Å²) in [5.41, 5.74) is 0.848. The average Bonchev–Trinajstić information content (AvgIpc) is 3.26. The van der Waals surface area contributed by atoms with Crippen LogP contribution in [0.1, 0.15) is 37.0 Å². The number of para-hydroxylation sites is 1. The standard InChI is InChI=1S/C18H20N6O3/c1-11-19-16-13(8-5-9-23(16)21-11)20-17(25)14-10-15(18(26)27)24(22-14)12-6-3-2-4-7-12/h2-4,6-7,13,15H,5,8-10H2,1H3,(H,20,25)(H,26,27). The Bertz CT molecular complexity index is 907. The molecule has 0 spiro atoms. The third kappa shape index (κ3) is 3.27. The van der Waals surface area contributed by atoms with Gasteiger partial charge in [0.05, 0.1) is 11.7 Å². The summed E-state index contributed by atoms with van der Waals surface area (Å²) < 4.78 is 1.82. The number of hydrogen-bond donors (Lipinski definition) is 2. The van der Waals surface area contributed by atoms with Crippen molar-refractivity contribution in [3.05, 3.63) is 42.0 Å². The maximum atomic E-state index is 12.8. The van der Waals surface area contributed by atoms with Crippen molar-refractivity contribution in [1.82, 2.24) is 20.1 Å². The van der Waals surface area contributed by atoms with Crippen LogP contribution in [0.3, 0.4) is 0 Å². The fourth-order valence-electron chi connectivity index (χ4n) is 3.51. The molecular formula is C18H20N6O3. The summed E-state index contributed by atoms with van der Waals surface area (Å²) >= 11 is 0. The summed E-state index contributed by atoms with van der Waals surface area (Å²) in [4.78, 5) is 28.8. The topological polar surface area (TPSA) is 113 Å². The van der Waals surface area contributed by atoms with Crippen molar-refractivity contribution in [2.45, 2.75) is 44.8 Å². The Labute approximate surface area is 155 Å². The number of aromatic nitrogens is 3. The number of amides is 1. The molecule has 2 unspecified atom stereocenters. The van der Waals surface area contributed by atoms with Crippen LogP contribution in [0.15, 0.2) is 35.4 Å². The van der Waals surface area contributed by atoms with Gasteiger partial charge in [0.2, 0.25) is 0 Å². The molecule has 3 heterocycles. The molecule has 2 aliphatic rings. The zero-order valence-corrected chi connectivity index (χ0v) is 14.9. The minimum Gasteiger partial charge on any atom is -0.480 e. The lowest BCUT2D eigenvalue weighted by Gasteiger charge is -2.22.